The number of hydrogen-bond acceptors (Lipinski definition) is 0. The molecule has 0 radical (unpaired) electrons. The van der Waals surface area contributed by atoms with Gasteiger partial charge in [0.1, 0.15) is 0 Å². The molecule has 0 spiro atoms. The second-order valence-corrected chi connectivity index (χ2v) is 5.95. The van der Waals surface area contributed by atoms with Crippen LogP contribution in [0.2, 0.25) is 0 Å². The summed E-state index contributed by atoms with van der Waals surface area (Å²) in [4.78, 5) is 0. The maximum Gasteiger partial charge on any atom is 0.0270 e. The monoisotopic (exact) mass is 270 g/mol. The van der Waals surface area contributed by atoms with Gasteiger partial charge in [0.15, 0.2) is 0 Å². The van der Waals surface area contributed by atoms with E-state index in [1.807, 2.05) is 0 Å². The molecule has 1 aliphatic rings. The van der Waals surface area contributed by atoms with Gasteiger partial charge in [-0.25, -0.2) is 0 Å². The van der Waals surface area contributed by atoms with Gasteiger partial charge in [0.2, 0.25) is 0 Å². The molecule has 0 unspecified atom stereocenters. The van der Waals surface area contributed by atoms with Crippen LogP contribution in [0.1, 0.15) is 25.3 Å². The van der Waals surface area contributed by atoms with E-state index in [0.29, 0.717) is 5.92 Å². The Morgan fingerprint density at radius 3 is 1.86 bits per heavy atom. The number of rotatable bonds is 1. The summed E-state index contributed by atoms with van der Waals surface area (Å²) < 4.78 is 0. The third-order valence-corrected chi connectivity index (χ3v) is 4.75. The van der Waals surface area contributed by atoms with Gasteiger partial charge in [0.25, 0.3) is 0 Å². The lowest BCUT2D eigenvalue weighted by Gasteiger charge is -2.16. The molecule has 102 valence electrons. The summed E-state index contributed by atoms with van der Waals surface area (Å²) in [7, 11) is 0. The predicted molar refractivity (Wildman–Crippen MR) is 90.5 cm³/mol. The molecule has 0 fully saturated rings. The molecular formula is C21H18. The van der Waals surface area contributed by atoms with Gasteiger partial charge in [0.05, 0.1) is 0 Å². The average Bonchev–Trinajstić information content (AvgIpc) is 2.79. The Morgan fingerprint density at radius 1 is 0.619 bits per heavy atom. The quantitative estimate of drug-likeness (QED) is 0.627. The SMILES string of the molecule is CC1=c2ccccc2=C(C)C1c1ccc2ccccc2c1. The molecule has 0 heterocycles. The minimum absolute atomic E-state index is 0.423. The highest BCUT2D eigenvalue weighted by Gasteiger charge is 2.21. The second-order valence-electron chi connectivity index (χ2n) is 5.95. The van der Waals surface area contributed by atoms with Crippen LogP contribution < -0.4 is 10.4 Å². The lowest BCUT2D eigenvalue weighted by molar-refractivity contribution is 1.11. The highest BCUT2D eigenvalue weighted by atomic mass is 14.3. The van der Waals surface area contributed by atoms with Crippen molar-refractivity contribution in [2.45, 2.75) is 19.8 Å². The lowest BCUT2D eigenvalue weighted by Crippen LogP contribution is -2.22. The Morgan fingerprint density at radius 2 is 1.19 bits per heavy atom. The number of benzene rings is 3. The highest BCUT2D eigenvalue weighted by Crippen LogP contribution is 2.35. The lowest BCUT2D eigenvalue weighted by atomic mass is 9.88. The van der Waals surface area contributed by atoms with Gasteiger partial charge in [-0.1, -0.05) is 77.9 Å². The van der Waals surface area contributed by atoms with E-state index in [1.54, 1.807) is 0 Å². The highest BCUT2D eigenvalue weighted by molar-refractivity contribution is 5.85. The molecule has 0 aromatic heterocycles. The van der Waals surface area contributed by atoms with Crippen molar-refractivity contribution >= 4 is 21.9 Å². The zero-order chi connectivity index (χ0) is 14.4. The van der Waals surface area contributed by atoms with Crippen molar-refractivity contribution in [3.63, 3.8) is 0 Å². The first-order chi connectivity index (χ1) is 10.3. The number of fused-ring (bicyclic) bond motifs is 2. The molecule has 0 N–H and O–H groups in total. The van der Waals surface area contributed by atoms with Crippen LogP contribution in [0.5, 0.6) is 0 Å². The molecule has 4 rings (SSSR count). The smallest absolute Gasteiger partial charge is 0.0270 e. The fourth-order valence-corrected chi connectivity index (χ4v) is 3.69. The minimum atomic E-state index is 0.423. The maximum atomic E-state index is 2.35. The summed E-state index contributed by atoms with van der Waals surface area (Å²) in [6.45, 7) is 4.55. The molecule has 1 aliphatic carbocycles. The average molecular weight is 270 g/mol. The summed E-state index contributed by atoms with van der Waals surface area (Å²) in [6.07, 6.45) is 0. The molecule has 0 bridgehead atoms. The van der Waals surface area contributed by atoms with Crippen molar-refractivity contribution in [1.82, 2.24) is 0 Å². The van der Waals surface area contributed by atoms with Gasteiger partial charge in [-0.05, 0) is 40.6 Å². The zero-order valence-corrected chi connectivity index (χ0v) is 12.4. The first kappa shape index (κ1) is 12.4. The molecule has 21 heavy (non-hydrogen) atoms. The molecule has 0 atom stereocenters. The Bertz CT molecular complexity index is 919. The van der Waals surface area contributed by atoms with Crippen molar-refractivity contribution in [2.24, 2.45) is 0 Å². The summed E-state index contributed by atoms with van der Waals surface area (Å²) >= 11 is 0. The molecular weight excluding hydrogens is 252 g/mol. The second kappa shape index (κ2) is 4.60. The van der Waals surface area contributed by atoms with E-state index in [1.165, 1.54) is 37.9 Å². The fourth-order valence-electron chi connectivity index (χ4n) is 3.69. The number of hydrogen-bond donors (Lipinski definition) is 0. The normalized spacial score (nSPS) is 14.8. The Hall–Kier alpha value is -2.34. The first-order valence-electron chi connectivity index (χ1n) is 7.51. The summed E-state index contributed by atoms with van der Waals surface area (Å²) in [5.41, 5.74) is 4.34. The van der Waals surface area contributed by atoms with Gasteiger partial charge in [-0.15, -0.1) is 0 Å². The van der Waals surface area contributed by atoms with Crippen molar-refractivity contribution in [2.75, 3.05) is 0 Å². The van der Waals surface area contributed by atoms with Crippen LogP contribution in [0.15, 0.2) is 66.7 Å². The van der Waals surface area contributed by atoms with Crippen LogP contribution in [0, 0.1) is 0 Å². The molecule has 0 saturated heterocycles. The van der Waals surface area contributed by atoms with E-state index in [0.717, 1.165) is 0 Å². The van der Waals surface area contributed by atoms with E-state index in [9.17, 15) is 0 Å². The largest absolute Gasteiger partial charge is 0.0616 e. The standard InChI is InChI=1S/C21H18/c1-14-19-9-5-6-10-20(19)15(2)21(14)18-12-11-16-7-3-4-8-17(16)13-18/h3-13,21H,1-2H3. The van der Waals surface area contributed by atoms with Crippen LogP contribution in [-0.4, -0.2) is 0 Å². The summed E-state index contributed by atoms with van der Waals surface area (Å²) in [6, 6.07) is 24.2. The van der Waals surface area contributed by atoms with Gasteiger partial charge < -0.3 is 0 Å². The van der Waals surface area contributed by atoms with Gasteiger partial charge in [-0.2, -0.15) is 0 Å². The van der Waals surface area contributed by atoms with E-state index in [-0.39, 0.29) is 0 Å². The predicted octanol–water partition coefficient (Wildman–Crippen LogP) is 3.98. The molecule has 3 aromatic carbocycles. The van der Waals surface area contributed by atoms with E-state index in [4.69, 9.17) is 0 Å². The Kier molecular flexibility index (Phi) is 2.71. The van der Waals surface area contributed by atoms with Crippen LogP contribution in [0.3, 0.4) is 0 Å². The molecule has 0 aliphatic heterocycles. The van der Waals surface area contributed by atoms with E-state index >= 15 is 0 Å². The zero-order valence-electron chi connectivity index (χ0n) is 12.4. The maximum absolute atomic E-state index is 2.35. The molecule has 0 heteroatoms. The van der Waals surface area contributed by atoms with Gasteiger partial charge in [-0.3, -0.25) is 0 Å². The van der Waals surface area contributed by atoms with Gasteiger partial charge in [0, 0.05) is 5.92 Å². The third kappa shape index (κ3) is 1.83. The van der Waals surface area contributed by atoms with Crippen LogP contribution in [-0.2, 0) is 0 Å². The molecule has 0 nitrogen and oxygen atoms in total. The first-order valence-corrected chi connectivity index (χ1v) is 7.51. The fraction of sp³-hybridized carbons (Fsp3) is 0.143. The van der Waals surface area contributed by atoms with Crippen LogP contribution in [0.4, 0.5) is 0 Å². The van der Waals surface area contributed by atoms with E-state index < -0.39 is 0 Å². The Balaban J connectivity index is 1.96. The molecule has 3 aromatic rings. The minimum Gasteiger partial charge on any atom is -0.0616 e. The summed E-state index contributed by atoms with van der Waals surface area (Å²) in [5, 5.41) is 5.46. The van der Waals surface area contributed by atoms with E-state index in [2.05, 4.69) is 80.6 Å². The van der Waals surface area contributed by atoms with Crippen LogP contribution in [0.25, 0.3) is 21.9 Å². The third-order valence-electron chi connectivity index (χ3n) is 4.75. The van der Waals surface area contributed by atoms with Gasteiger partial charge >= 0.3 is 0 Å². The molecule has 0 saturated carbocycles. The van der Waals surface area contributed by atoms with Crippen molar-refractivity contribution in [3.8, 4) is 0 Å². The Labute approximate surface area is 125 Å². The topological polar surface area (TPSA) is 0 Å². The van der Waals surface area contributed by atoms with Crippen molar-refractivity contribution < 1.29 is 0 Å². The van der Waals surface area contributed by atoms with Crippen molar-refractivity contribution in [3.05, 3.63) is 82.7 Å². The summed E-state index contributed by atoms with van der Waals surface area (Å²) in [5.74, 6) is 0.423. The molecule has 0 amide bonds. The van der Waals surface area contributed by atoms with Crippen molar-refractivity contribution in [1.29, 1.82) is 0 Å². The van der Waals surface area contributed by atoms with Crippen LogP contribution >= 0.6 is 0 Å².